The minimum Gasteiger partial charge on any atom is -0.490 e. The van der Waals surface area contributed by atoms with Gasteiger partial charge in [-0.15, -0.1) is 0 Å². The first-order valence-electron chi connectivity index (χ1n) is 11.6. The molecule has 1 aromatic carbocycles. The summed E-state index contributed by atoms with van der Waals surface area (Å²) in [5, 5.41) is 5.44. The Balaban J connectivity index is 1.30. The third-order valence-electron chi connectivity index (χ3n) is 6.31. The molecule has 10 nitrogen and oxygen atoms in total. The standard InChI is InChI=1S/C24H31N3O7/c1-15-10-23(2,3)14-24(11-15)21(30)27(22(31)26-24)12-20(29)34-13-19(28)25-16-5-6-17-18(9-16)33-8-4-7-32-17/h5-6,9,15H,4,7-8,10-14H2,1-3H3,(H,25,28)(H,26,31)/t15-,24+/m0/s1. The fourth-order valence-electron chi connectivity index (χ4n) is 5.41. The van der Waals surface area contributed by atoms with Crippen LogP contribution >= 0.6 is 0 Å². The second-order valence-electron chi connectivity index (χ2n) is 10.2. The van der Waals surface area contributed by atoms with Crippen molar-refractivity contribution in [1.82, 2.24) is 10.2 Å². The molecule has 0 radical (unpaired) electrons. The monoisotopic (exact) mass is 473 g/mol. The van der Waals surface area contributed by atoms with Crippen molar-refractivity contribution in [1.29, 1.82) is 0 Å². The van der Waals surface area contributed by atoms with Gasteiger partial charge in [-0.2, -0.15) is 0 Å². The molecule has 0 bridgehead atoms. The number of esters is 1. The lowest BCUT2D eigenvalue weighted by atomic mass is 9.64. The SMILES string of the molecule is C[C@H]1CC(C)(C)C[C@@]2(C1)NC(=O)N(CC(=O)OCC(=O)Nc1ccc3c(c1)OCCCO3)C2=O. The maximum Gasteiger partial charge on any atom is 0.326 e. The van der Waals surface area contributed by atoms with Gasteiger partial charge >= 0.3 is 12.0 Å². The highest BCUT2D eigenvalue weighted by molar-refractivity contribution is 6.09. The van der Waals surface area contributed by atoms with E-state index in [9.17, 15) is 19.2 Å². The highest BCUT2D eigenvalue weighted by atomic mass is 16.5. The minimum absolute atomic E-state index is 0.109. The number of rotatable bonds is 5. The molecule has 2 heterocycles. The fraction of sp³-hybridized carbons (Fsp3) is 0.583. The Morgan fingerprint density at radius 2 is 1.91 bits per heavy atom. The number of nitrogens with one attached hydrogen (secondary N) is 2. The molecule has 0 aromatic heterocycles. The van der Waals surface area contributed by atoms with Crippen molar-refractivity contribution in [2.24, 2.45) is 11.3 Å². The predicted octanol–water partition coefficient (Wildman–Crippen LogP) is 2.47. The van der Waals surface area contributed by atoms with Gasteiger partial charge in [-0.05, 0) is 42.7 Å². The number of carbonyl (C=O) groups is 4. The Morgan fingerprint density at radius 1 is 1.18 bits per heavy atom. The Morgan fingerprint density at radius 3 is 2.65 bits per heavy atom. The Hall–Kier alpha value is -3.30. The number of nitrogens with zero attached hydrogens (tertiary/aromatic N) is 1. The van der Waals surface area contributed by atoms with Gasteiger partial charge in [0.1, 0.15) is 12.1 Å². The largest absolute Gasteiger partial charge is 0.490 e. The number of anilines is 1. The second kappa shape index (κ2) is 9.15. The van der Waals surface area contributed by atoms with Crippen LogP contribution in [0.4, 0.5) is 10.5 Å². The number of ether oxygens (including phenoxy) is 3. The normalized spacial score (nSPS) is 25.5. The van der Waals surface area contributed by atoms with Crippen LogP contribution in [0, 0.1) is 11.3 Å². The van der Waals surface area contributed by atoms with Crippen LogP contribution in [0.25, 0.3) is 0 Å². The first kappa shape index (κ1) is 23.8. The van der Waals surface area contributed by atoms with Gasteiger partial charge in [-0.1, -0.05) is 20.8 Å². The molecule has 2 N–H and O–H groups in total. The molecule has 184 valence electrons. The smallest absolute Gasteiger partial charge is 0.326 e. The predicted molar refractivity (Wildman–Crippen MR) is 121 cm³/mol. The second-order valence-corrected chi connectivity index (χ2v) is 10.2. The van der Waals surface area contributed by atoms with E-state index in [-0.39, 0.29) is 11.3 Å². The van der Waals surface area contributed by atoms with E-state index >= 15 is 0 Å². The molecule has 2 aliphatic heterocycles. The Labute approximate surface area is 198 Å². The summed E-state index contributed by atoms with van der Waals surface area (Å²) in [4.78, 5) is 51.1. The quantitative estimate of drug-likeness (QED) is 0.497. The van der Waals surface area contributed by atoms with Crippen molar-refractivity contribution in [2.45, 2.75) is 52.0 Å². The summed E-state index contributed by atoms with van der Waals surface area (Å²) in [5.41, 5.74) is -0.634. The first-order valence-corrected chi connectivity index (χ1v) is 11.6. The first-order chi connectivity index (χ1) is 16.1. The van der Waals surface area contributed by atoms with Crippen LogP contribution in [-0.4, -0.2) is 60.6 Å². The maximum absolute atomic E-state index is 13.1. The van der Waals surface area contributed by atoms with Crippen molar-refractivity contribution in [3.63, 3.8) is 0 Å². The Bertz CT molecular complexity index is 1010. The molecule has 1 saturated carbocycles. The molecule has 10 heteroatoms. The molecule has 2 fully saturated rings. The average Bonchev–Trinajstić information content (AvgIpc) is 2.90. The van der Waals surface area contributed by atoms with E-state index in [1.165, 1.54) is 0 Å². The van der Waals surface area contributed by atoms with Gasteiger partial charge in [0.25, 0.3) is 11.8 Å². The van der Waals surface area contributed by atoms with E-state index in [0.717, 1.165) is 17.7 Å². The summed E-state index contributed by atoms with van der Waals surface area (Å²) < 4.78 is 16.2. The van der Waals surface area contributed by atoms with Crippen molar-refractivity contribution in [3.05, 3.63) is 18.2 Å². The van der Waals surface area contributed by atoms with Crippen molar-refractivity contribution in [2.75, 3.05) is 31.7 Å². The molecular formula is C24H31N3O7. The van der Waals surface area contributed by atoms with E-state index in [0.29, 0.717) is 43.2 Å². The number of hydrogen-bond donors (Lipinski definition) is 2. The molecular weight excluding hydrogens is 442 g/mol. The lowest BCUT2D eigenvalue weighted by Crippen LogP contribution is -2.54. The van der Waals surface area contributed by atoms with E-state index in [4.69, 9.17) is 14.2 Å². The number of imide groups is 1. The van der Waals surface area contributed by atoms with E-state index in [1.807, 2.05) is 0 Å². The topological polar surface area (TPSA) is 123 Å². The lowest BCUT2D eigenvalue weighted by molar-refractivity contribution is -0.150. The van der Waals surface area contributed by atoms with Crippen LogP contribution in [0.5, 0.6) is 11.5 Å². The summed E-state index contributed by atoms with van der Waals surface area (Å²) in [5.74, 6) is -0.417. The number of hydrogen-bond acceptors (Lipinski definition) is 7. The van der Waals surface area contributed by atoms with Crippen LogP contribution in [-0.2, 0) is 19.1 Å². The van der Waals surface area contributed by atoms with Gasteiger partial charge in [0, 0.05) is 18.2 Å². The van der Waals surface area contributed by atoms with Crippen molar-refractivity contribution < 1.29 is 33.4 Å². The summed E-state index contributed by atoms with van der Waals surface area (Å²) in [6.07, 6.45) is 2.77. The van der Waals surface area contributed by atoms with E-state index in [1.54, 1.807) is 18.2 Å². The highest BCUT2D eigenvalue weighted by Crippen LogP contribution is 2.46. The van der Waals surface area contributed by atoms with Crippen LogP contribution in [0.3, 0.4) is 0 Å². The summed E-state index contributed by atoms with van der Waals surface area (Å²) in [6.45, 7) is 6.18. The molecule has 1 spiro atoms. The summed E-state index contributed by atoms with van der Waals surface area (Å²) >= 11 is 0. The van der Waals surface area contributed by atoms with E-state index < -0.39 is 42.5 Å². The Kier molecular flexibility index (Phi) is 6.42. The van der Waals surface area contributed by atoms with Crippen LogP contribution < -0.4 is 20.1 Å². The minimum atomic E-state index is -0.993. The zero-order valence-electron chi connectivity index (χ0n) is 19.8. The van der Waals surface area contributed by atoms with Gasteiger partial charge in [-0.25, -0.2) is 4.79 Å². The van der Waals surface area contributed by atoms with E-state index in [2.05, 4.69) is 31.4 Å². The van der Waals surface area contributed by atoms with Gasteiger partial charge in [0.05, 0.1) is 13.2 Å². The number of fused-ring (bicyclic) bond motifs is 1. The number of benzene rings is 1. The summed E-state index contributed by atoms with van der Waals surface area (Å²) in [6, 6.07) is 4.39. The highest BCUT2D eigenvalue weighted by Gasteiger charge is 2.56. The molecule has 1 aliphatic carbocycles. The number of carbonyl (C=O) groups excluding carboxylic acids is 4. The maximum atomic E-state index is 13.1. The molecule has 1 saturated heterocycles. The number of urea groups is 1. The van der Waals surface area contributed by atoms with Gasteiger partial charge < -0.3 is 24.8 Å². The molecule has 2 atom stereocenters. The zero-order chi connectivity index (χ0) is 24.5. The third kappa shape index (κ3) is 5.10. The number of amides is 4. The zero-order valence-corrected chi connectivity index (χ0v) is 19.8. The van der Waals surface area contributed by atoms with Crippen LogP contribution in [0.2, 0.25) is 0 Å². The molecule has 1 aromatic rings. The van der Waals surface area contributed by atoms with Crippen LogP contribution in [0.1, 0.15) is 46.5 Å². The van der Waals surface area contributed by atoms with Gasteiger partial charge in [0.2, 0.25) is 0 Å². The fourth-order valence-corrected chi connectivity index (χ4v) is 5.41. The molecule has 0 unspecified atom stereocenters. The molecule has 34 heavy (non-hydrogen) atoms. The van der Waals surface area contributed by atoms with Crippen molar-refractivity contribution in [3.8, 4) is 11.5 Å². The van der Waals surface area contributed by atoms with Gasteiger partial charge in [0.15, 0.2) is 18.1 Å². The molecule has 4 amide bonds. The van der Waals surface area contributed by atoms with Gasteiger partial charge in [-0.3, -0.25) is 19.3 Å². The third-order valence-corrected chi connectivity index (χ3v) is 6.31. The van der Waals surface area contributed by atoms with Crippen molar-refractivity contribution >= 4 is 29.5 Å². The molecule has 4 rings (SSSR count). The summed E-state index contributed by atoms with van der Waals surface area (Å²) in [7, 11) is 0. The molecule has 3 aliphatic rings. The van der Waals surface area contributed by atoms with Crippen LogP contribution in [0.15, 0.2) is 18.2 Å². The average molecular weight is 474 g/mol. The lowest BCUT2D eigenvalue weighted by Gasteiger charge is -2.43.